The zero-order valence-electron chi connectivity index (χ0n) is 12.2. The van der Waals surface area contributed by atoms with Gasteiger partial charge in [0, 0.05) is 11.0 Å². The molecule has 0 bridgehead atoms. The van der Waals surface area contributed by atoms with E-state index in [1.165, 1.54) is 14.0 Å². The number of hydrogen-bond acceptors (Lipinski definition) is 5. The molecule has 20 heavy (non-hydrogen) atoms. The Morgan fingerprint density at radius 1 is 1.30 bits per heavy atom. The van der Waals surface area contributed by atoms with Crippen LogP contribution >= 0.6 is 0 Å². The number of rotatable bonds is 5. The van der Waals surface area contributed by atoms with Crippen molar-refractivity contribution in [2.75, 3.05) is 13.7 Å². The lowest BCUT2D eigenvalue weighted by Crippen LogP contribution is -2.39. The summed E-state index contributed by atoms with van der Waals surface area (Å²) in [6.45, 7) is 7.18. The summed E-state index contributed by atoms with van der Waals surface area (Å²) in [5.41, 5.74) is -1.20. The second kappa shape index (κ2) is 4.72. The Bertz CT molecular complexity index is 494. The summed E-state index contributed by atoms with van der Waals surface area (Å²) >= 11 is 0. The summed E-state index contributed by atoms with van der Waals surface area (Å²) < 4.78 is 9.78. The predicted molar refractivity (Wildman–Crippen MR) is 70.7 cm³/mol. The van der Waals surface area contributed by atoms with Crippen LogP contribution in [0.2, 0.25) is 0 Å². The van der Waals surface area contributed by atoms with E-state index in [9.17, 15) is 14.4 Å². The first kappa shape index (κ1) is 14.8. The molecule has 0 aromatic rings. The van der Waals surface area contributed by atoms with E-state index in [-0.39, 0.29) is 18.3 Å². The molecule has 2 fully saturated rings. The zero-order chi connectivity index (χ0) is 15.1. The summed E-state index contributed by atoms with van der Waals surface area (Å²) in [5.74, 6) is -0.991. The Hall–Kier alpha value is -1.65. The molecule has 2 rings (SSSR count). The summed E-state index contributed by atoms with van der Waals surface area (Å²) in [6, 6.07) is 0. The van der Waals surface area contributed by atoms with Gasteiger partial charge < -0.3 is 9.47 Å². The summed E-state index contributed by atoms with van der Waals surface area (Å²) in [7, 11) is 1.31. The van der Waals surface area contributed by atoms with Crippen LogP contribution < -0.4 is 0 Å². The summed E-state index contributed by atoms with van der Waals surface area (Å²) in [5, 5.41) is 0. The normalized spacial score (nSPS) is 34.0. The van der Waals surface area contributed by atoms with E-state index in [1.54, 1.807) is 6.92 Å². The molecule has 3 atom stereocenters. The first-order chi connectivity index (χ1) is 9.34. The van der Waals surface area contributed by atoms with Crippen LogP contribution in [-0.4, -0.2) is 31.4 Å². The van der Waals surface area contributed by atoms with E-state index < -0.39 is 22.8 Å². The van der Waals surface area contributed by atoms with Crippen LogP contribution in [0.15, 0.2) is 12.2 Å². The van der Waals surface area contributed by atoms with Crippen molar-refractivity contribution in [3.05, 3.63) is 12.2 Å². The van der Waals surface area contributed by atoms with Gasteiger partial charge in [-0.05, 0) is 39.0 Å². The summed E-state index contributed by atoms with van der Waals surface area (Å²) in [4.78, 5) is 35.9. The lowest BCUT2D eigenvalue weighted by atomic mass is 9.76. The van der Waals surface area contributed by atoms with Crippen molar-refractivity contribution in [3.8, 4) is 0 Å². The number of ether oxygens (including phenoxy) is 2. The number of carbonyl (C=O) groups excluding carboxylic acids is 3. The van der Waals surface area contributed by atoms with Crippen LogP contribution in [0.5, 0.6) is 0 Å². The molecule has 2 aliphatic carbocycles. The van der Waals surface area contributed by atoms with Gasteiger partial charge in [0.25, 0.3) is 0 Å². The highest BCUT2D eigenvalue weighted by Gasteiger charge is 2.71. The topological polar surface area (TPSA) is 69.7 Å². The molecule has 0 radical (unpaired) electrons. The van der Waals surface area contributed by atoms with Gasteiger partial charge in [0.1, 0.15) is 11.2 Å². The number of carbonyl (C=O) groups is 3. The van der Waals surface area contributed by atoms with E-state index >= 15 is 0 Å². The molecular formula is C15H20O5. The molecule has 2 saturated carbocycles. The van der Waals surface area contributed by atoms with Crippen LogP contribution in [0.1, 0.15) is 33.1 Å². The average molecular weight is 280 g/mol. The van der Waals surface area contributed by atoms with Crippen LogP contribution in [0.4, 0.5) is 0 Å². The predicted octanol–water partition coefficient (Wildman–Crippen LogP) is 1.65. The fourth-order valence-electron chi connectivity index (χ4n) is 3.54. The maximum absolute atomic E-state index is 12.2. The Morgan fingerprint density at radius 2 is 1.95 bits per heavy atom. The van der Waals surface area contributed by atoms with Crippen molar-refractivity contribution in [1.82, 2.24) is 0 Å². The van der Waals surface area contributed by atoms with Crippen molar-refractivity contribution in [2.24, 2.45) is 16.7 Å². The first-order valence-corrected chi connectivity index (χ1v) is 6.80. The van der Waals surface area contributed by atoms with Crippen LogP contribution in [0.25, 0.3) is 0 Å². The third kappa shape index (κ3) is 1.87. The molecule has 2 aliphatic rings. The number of methoxy groups -OCH3 is 1. The zero-order valence-corrected chi connectivity index (χ0v) is 12.2. The van der Waals surface area contributed by atoms with Gasteiger partial charge in [-0.15, -0.1) is 0 Å². The molecule has 0 heterocycles. The highest BCUT2D eigenvalue weighted by atomic mass is 16.5. The van der Waals surface area contributed by atoms with Crippen molar-refractivity contribution in [1.29, 1.82) is 0 Å². The maximum Gasteiger partial charge on any atom is 0.333 e. The van der Waals surface area contributed by atoms with Crippen LogP contribution in [-0.2, 0) is 23.9 Å². The van der Waals surface area contributed by atoms with Crippen LogP contribution in [0, 0.1) is 16.7 Å². The first-order valence-electron chi connectivity index (χ1n) is 6.80. The number of Topliss-reactive ketones (excluding diaryl/α,β-unsaturated/α-hetero) is 1. The van der Waals surface area contributed by atoms with E-state index in [1.807, 2.05) is 0 Å². The highest BCUT2D eigenvalue weighted by molar-refractivity contribution is 6.04. The molecule has 110 valence electrons. The van der Waals surface area contributed by atoms with Gasteiger partial charge in [0.05, 0.1) is 13.7 Å². The van der Waals surface area contributed by atoms with E-state index in [0.29, 0.717) is 18.4 Å². The minimum atomic E-state index is -1.12. The van der Waals surface area contributed by atoms with Gasteiger partial charge in [-0.1, -0.05) is 6.58 Å². The third-order valence-corrected chi connectivity index (χ3v) is 4.82. The minimum Gasteiger partial charge on any atom is -0.466 e. The SMILES string of the molecule is C=C(C(=O)OC)C12CC1CC(C(C)=O)(C(=O)OCC)C2. The third-order valence-electron chi connectivity index (χ3n) is 4.82. The number of ketones is 1. The number of esters is 2. The molecule has 5 heteroatoms. The molecule has 0 aromatic carbocycles. The van der Waals surface area contributed by atoms with Gasteiger partial charge in [-0.25, -0.2) is 4.79 Å². The molecule has 0 spiro atoms. The van der Waals surface area contributed by atoms with Crippen molar-refractivity contribution >= 4 is 17.7 Å². The van der Waals surface area contributed by atoms with Gasteiger partial charge in [-0.2, -0.15) is 0 Å². The van der Waals surface area contributed by atoms with E-state index in [4.69, 9.17) is 9.47 Å². The molecule has 0 N–H and O–H groups in total. The van der Waals surface area contributed by atoms with E-state index in [2.05, 4.69) is 6.58 Å². The number of fused-ring (bicyclic) bond motifs is 1. The second-order valence-electron chi connectivity index (χ2n) is 5.77. The number of hydrogen-bond donors (Lipinski definition) is 0. The summed E-state index contributed by atoms with van der Waals surface area (Å²) in [6.07, 6.45) is 1.54. The van der Waals surface area contributed by atoms with Gasteiger partial charge >= 0.3 is 11.9 Å². The van der Waals surface area contributed by atoms with Gasteiger partial charge in [0.2, 0.25) is 0 Å². The fraction of sp³-hybridized carbons (Fsp3) is 0.667. The Morgan fingerprint density at radius 3 is 2.45 bits per heavy atom. The maximum atomic E-state index is 12.2. The Labute approximate surface area is 118 Å². The van der Waals surface area contributed by atoms with E-state index in [0.717, 1.165) is 6.42 Å². The molecule has 0 saturated heterocycles. The van der Waals surface area contributed by atoms with Crippen molar-refractivity contribution in [3.63, 3.8) is 0 Å². The minimum absolute atomic E-state index is 0.141. The average Bonchev–Trinajstić information content (AvgIpc) is 2.99. The smallest absolute Gasteiger partial charge is 0.333 e. The fourth-order valence-corrected chi connectivity index (χ4v) is 3.54. The monoisotopic (exact) mass is 280 g/mol. The molecule has 0 amide bonds. The van der Waals surface area contributed by atoms with Gasteiger partial charge in [0.15, 0.2) is 0 Å². The molecular weight excluding hydrogens is 260 g/mol. The largest absolute Gasteiger partial charge is 0.466 e. The molecule has 0 aromatic heterocycles. The van der Waals surface area contributed by atoms with Crippen LogP contribution in [0.3, 0.4) is 0 Å². The lowest BCUT2D eigenvalue weighted by molar-refractivity contribution is -0.160. The molecule has 3 unspecified atom stereocenters. The second-order valence-corrected chi connectivity index (χ2v) is 5.77. The van der Waals surface area contributed by atoms with Crippen molar-refractivity contribution < 1.29 is 23.9 Å². The Kier molecular flexibility index (Phi) is 3.48. The highest BCUT2D eigenvalue weighted by Crippen LogP contribution is 2.72. The lowest BCUT2D eigenvalue weighted by Gasteiger charge is -2.27. The van der Waals surface area contributed by atoms with Crippen molar-refractivity contribution in [2.45, 2.75) is 33.1 Å². The van der Waals surface area contributed by atoms with Gasteiger partial charge in [-0.3, -0.25) is 9.59 Å². The Balaban J connectivity index is 2.26. The molecule has 0 aliphatic heterocycles. The quantitative estimate of drug-likeness (QED) is 0.435. The molecule has 5 nitrogen and oxygen atoms in total. The standard InChI is InChI=1S/C15H20O5/c1-5-20-13(18)15(10(3)16)7-11-6-14(11,8-15)9(2)12(17)19-4/h11H,2,5-8H2,1,3-4H3.